The molecule has 2 aromatic carbocycles. The minimum Gasteiger partial charge on any atom is -0.352 e. The van der Waals surface area contributed by atoms with Gasteiger partial charge < -0.3 is 15.5 Å². The van der Waals surface area contributed by atoms with Crippen molar-refractivity contribution in [2.75, 3.05) is 25.0 Å². The van der Waals surface area contributed by atoms with Gasteiger partial charge in [0.05, 0.1) is 6.54 Å². The highest BCUT2D eigenvalue weighted by molar-refractivity contribution is 14.0. The summed E-state index contributed by atoms with van der Waals surface area (Å²) in [6.07, 6.45) is 0.883. The number of nitrogens with zero attached hydrogens (tertiary/aromatic N) is 2. The third-order valence-electron chi connectivity index (χ3n) is 4.52. The Labute approximate surface area is 176 Å². The molecule has 0 spiro atoms. The molecule has 0 aliphatic carbocycles. The summed E-state index contributed by atoms with van der Waals surface area (Å²) in [4.78, 5) is 18.4. The van der Waals surface area contributed by atoms with Crippen molar-refractivity contribution in [2.24, 2.45) is 4.99 Å². The van der Waals surface area contributed by atoms with Crippen LogP contribution in [0.1, 0.15) is 16.7 Å². The van der Waals surface area contributed by atoms with Gasteiger partial charge in [-0.15, -0.1) is 24.0 Å². The Bertz CT molecular complexity index is 840. The van der Waals surface area contributed by atoms with Crippen molar-refractivity contribution < 1.29 is 9.18 Å². The van der Waals surface area contributed by atoms with Crippen molar-refractivity contribution in [3.63, 3.8) is 0 Å². The average Bonchev–Trinajstić information content (AvgIpc) is 3.08. The maximum Gasteiger partial charge on any atom is 0.246 e. The summed E-state index contributed by atoms with van der Waals surface area (Å²) in [6, 6.07) is 13.1. The summed E-state index contributed by atoms with van der Waals surface area (Å²) in [5, 5.41) is 6.13. The first kappa shape index (κ1) is 21.1. The number of aliphatic imine (C=N–C) groups is 1. The second-order valence-electron chi connectivity index (χ2n) is 6.29. The van der Waals surface area contributed by atoms with Gasteiger partial charge in [0.2, 0.25) is 5.91 Å². The highest BCUT2D eigenvalue weighted by Crippen LogP contribution is 2.27. The monoisotopic (exact) mass is 482 g/mol. The van der Waals surface area contributed by atoms with E-state index in [1.807, 2.05) is 24.3 Å². The smallest absolute Gasteiger partial charge is 0.246 e. The number of amides is 1. The SMILES string of the molecule is CN=C(NCC(=O)N1CCc2ccccc21)NCc1ccc(C)c(F)c1.I. The van der Waals surface area contributed by atoms with Gasteiger partial charge in [0, 0.05) is 25.8 Å². The number of hydrogen-bond acceptors (Lipinski definition) is 2. The van der Waals surface area contributed by atoms with Gasteiger partial charge in [-0.3, -0.25) is 9.79 Å². The van der Waals surface area contributed by atoms with Crippen LogP contribution in [0.3, 0.4) is 0 Å². The molecule has 3 rings (SSSR count). The van der Waals surface area contributed by atoms with Crippen LogP contribution in [-0.4, -0.2) is 32.0 Å². The number of carbonyl (C=O) groups is 1. The predicted molar refractivity (Wildman–Crippen MR) is 117 cm³/mol. The minimum atomic E-state index is -0.227. The van der Waals surface area contributed by atoms with Gasteiger partial charge in [-0.05, 0) is 42.2 Å². The lowest BCUT2D eigenvalue weighted by molar-refractivity contribution is -0.117. The number of rotatable bonds is 4. The van der Waals surface area contributed by atoms with Crippen molar-refractivity contribution in [1.29, 1.82) is 0 Å². The lowest BCUT2D eigenvalue weighted by Crippen LogP contribution is -2.44. The first-order chi connectivity index (χ1) is 12.6. The van der Waals surface area contributed by atoms with Crippen LogP contribution in [-0.2, 0) is 17.8 Å². The topological polar surface area (TPSA) is 56.7 Å². The van der Waals surface area contributed by atoms with Gasteiger partial charge in [-0.25, -0.2) is 4.39 Å². The molecular weight excluding hydrogens is 458 g/mol. The molecule has 0 fully saturated rings. The zero-order valence-electron chi connectivity index (χ0n) is 15.5. The second-order valence-corrected chi connectivity index (χ2v) is 6.29. The summed E-state index contributed by atoms with van der Waals surface area (Å²) in [6.45, 7) is 3.01. The Morgan fingerprint density at radius 3 is 2.74 bits per heavy atom. The molecule has 1 aliphatic heterocycles. The van der Waals surface area contributed by atoms with E-state index in [0.29, 0.717) is 24.6 Å². The average molecular weight is 482 g/mol. The van der Waals surface area contributed by atoms with Gasteiger partial charge in [-0.2, -0.15) is 0 Å². The molecule has 0 aromatic heterocycles. The number of carbonyl (C=O) groups excluding carboxylic acids is 1. The molecule has 144 valence electrons. The number of aryl methyl sites for hydroxylation is 1. The van der Waals surface area contributed by atoms with Crippen LogP contribution in [0.5, 0.6) is 0 Å². The van der Waals surface area contributed by atoms with E-state index in [0.717, 1.165) is 17.7 Å². The van der Waals surface area contributed by atoms with E-state index < -0.39 is 0 Å². The van der Waals surface area contributed by atoms with E-state index in [2.05, 4.69) is 21.7 Å². The van der Waals surface area contributed by atoms with Gasteiger partial charge >= 0.3 is 0 Å². The zero-order chi connectivity index (χ0) is 18.5. The summed E-state index contributed by atoms with van der Waals surface area (Å²) in [5.41, 5.74) is 3.62. The fourth-order valence-electron chi connectivity index (χ4n) is 3.00. The van der Waals surface area contributed by atoms with E-state index in [9.17, 15) is 9.18 Å². The van der Waals surface area contributed by atoms with Gasteiger partial charge in [0.1, 0.15) is 5.82 Å². The van der Waals surface area contributed by atoms with Crippen LogP contribution >= 0.6 is 24.0 Å². The van der Waals surface area contributed by atoms with E-state index in [4.69, 9.17) is 0 Å². The number of anilines is 1. The lowest BCUT2D eigenvalue weighted by Gasteiger charge is -2.19. The molecule has 7 heteroatoms. The van der Waals surface area contributed by atoms with Crippen LogP contribution in [0.25, 0.3) is 0 Å². The summed E-state index contributed by atoms with van der Waals surface area (Å²) >= 11 is 0. The van der Waals surface area contributed by atoms with E-state index >= 15 is 0 Å². The number of halogens is 2. The molecule has 0 bridgehead atoms. The molecule has 0 unspecified atom stereocenters. The van der Waals surface area contributed by atoms with Crippen LogP contribution in [0.15, 0.2) is 47.5 Å². The molecule has 5 nitrogen and oxygen atoms in total. The molecule has 1 aliphatic rings. The molecule has 2 N–H and O–H groups in total. The summed E-state index contributed by atoms with van der Waals surface area (Å²) in [5.74, 6) is 0.279. The van der Waals surface area contributed by atoms with Crippen LogP contribution in [0.2, 0.25) is 0 Å². The zero-order valence-corrected chi connectivity index (χ0v) is 17.8. The fourth-order valence-corrected chi connectivity index (χ4v) is 3.00. The number of guanidine groups is 1. The molecule has 0 radical (unpaired) electrons. The Hall–Kier alpha value is -2.16. The third kappa shape index (κ3) is 5.18. The number of para-hydroxylation sites is 1. The lowest BCUT2D eigenvalue weighted by atomic mass is 10.1. The molecule has 0 atom stereocenters. The van der Waals surface area contributed by atoms with Crippen molar-refractivity contribution in [3.8, 4) is 0 Å². The van der Waals surface area contributed by atoms with E-state index in [1.165, 1.54) is 11.6 Å². The molecule has 27 heavy (non-hydrogen) atoms. The maximum atomic E-state index is 13.6. The first-order valence-electron chi connectivity index (χ1n) is 8.66. The molecule has 1 amide bonds. The Morgan fingerprint density at radius 1 is 1.22 bits per heavy atom. The Kier molecular flexibility index (Phi) is 7.58. The van der Waals surface area contributed by atoms with Crippen LogP contribution < -0.4 is 15.5 Å². The van der Waals surface area contributed by atoms with Crippen molar-refractivity contribution >= 4 is 41.5 Å². The number of benzene rings is 2. The van der Waals surface area contributed by atoms with Gasteiger partial charge in [0.25, 0.3) is 0 Å². The highest BCUT2D eigenvalue weighted by Gasteiger charge is 2.23. The standard InChI is InChI=1S/C20H23FN4O.HI/c1-14-7-8-15(11-17(14)21)12-23-20(22-2)24-13-19(26)25-10-9-16-5-3-4-6-18(16)25;/h3-8,11H,9-10,12-13H2,1-2H3,(H2,22,23,24);1H. The quantitative estimate of drug-likeness (QED) is 0.401. The second kappa shape index (κ2) is 9.68. The molecule has 1 heterocycles. The minimum absolute atomic E-state index is 0. The molecule has 2 aromatic rings. The highest BCUT2D eigenvalue weighted by atomic mass is 127. The third-order valence-corrected chi connectivity index (χ3v) is 4.52. The van der Waals surface area contributed by atoms with Crippen LogP contribution in [0.4, 0.5) is 10.1 Å². The van der Waals surface area contributed by atoms with E-state index in [-0.39, 0.29) is 42.2 Å². The Morgan fingerprint density at radius 2 is 2.00 bits per heavy atom. The first-order valence-corrected chi connectivity index (χ1v) is 8.66. The van der Waals surface area contributed by atoms with Crippen molar-refractivity contribution in [2.45, 2.75) is 19.9 Å². The number of fused-ring (bicyclic) bond motifs is 1. The van der Waals surface area contributed by atoms with Crippen molar-refractivity contribution in [3.05, 3.63) is 65.0 Å². The van der Waals surface area contributed by atoms with Crippen LogP contribution in [0, 0.1) is 12.7 Å². The largest absolute Gasteiger partial charge is 0.352 e. The van der Waals surface area contributed by atoms with Crippen molar-refractivity contribution in [1.82, 2.24) is 10.6 Å². The molecular formula is C20H24FIN4O. The number of nitrogens with one attached hydrogen (secondary N) is 2. The number of hydrogen-bond donors (Lipinski definition) is 2. The normalized spacial score (nSPS) is 13.0. The molecule has 0 saturated heterocycles. The summed E-state index contributed by atoms with van der Waals surface area (Å²) in [7, 11) is 1.64. The maximum absolute atomic E-state index is 13.6. The molecule has 0 saturated carbocycles. The van der Waals surface area contributed by atoms with Gasteiger partial charge in [-0.1, -0.05) is 30.3 Å². The fraction of sp³-hybridized carbons (Fsp3) is 0.300. The Balaban J connectivity index is 0.00000261. The van der Waals surface area contributed by atoms with E-state index in [1.54, 1.807) is 24.9 Å². The van der Waals surface area contributed by atoms with Gasteiger partial charge in [0.15, 0.2) is 5.96 Å². The summed E-state index contributed by atoms with van der Waals surface area (Å²) < 4.78 is 13.6. The predicted octanol–water partition coefficient (Wildman–Crippen LogP) is 3.01.